The van der Waals surface area contributed by atoms with E-state index in [0.29, 0.717) is 0 Å². The molecule has 7 heteroatoms. The van der Waals surface area contributed by atoms with E-state index in [2.05, 4.69) is 0 Å². The van der Waals surface area contributed by atoms with Gasteiger partial charge in [0.15, 0.2) is 17.1 Å². The molecule has 0 heterocycles. The van der Waals surface area contributed by atoms with Gasteiger partial charge in [-0.25, -0.2) is 4.79 Å². The van der Waals surface area contributed by atoms with Crippen LogP contribution in [0.25, 0.3) is 0 Å². The SMILES string of the molecule is CC(C)COC(=O)c1c(O)c(O)c(O)c(O)c1O. The van der Waals surface area contributed by atoms with Gasteiger partial charge in [-0.15, -0.1) is 0 Å². The van der Waals surface area contributed by atoms with Gasteiger partial charge in [0.2, 0.25) is 17.2 Å². The molecule has 18 heavy (non-hydrogen) atoms. The van der Waals surface area contributed by atoms with Crippen LogP contribution in [-0.2, 0) is 4.74 Å². The van der Waals surface area contributed by atoms with E-state index in [-0.39, 0.29) is 12.5 Å². The second kappa shape index (κ2) is 4.91. The highest BCUT2D eigenvalue weighted by molar-refractivity contribution is 5.98. The fourth-order valence-corrected chi connectivity index (χ4v) is 1.19. The largest absolute Gasteiger partial charge is 0.503 e. The number of phenols is 5. The van der Waals surface area contributed by atoms with E-state index in [1.807, 2.05) is 0 Å². The van der Waals surface area contributed by atoms with Gasteiger partial charge in [0.25, 0.3) is 0 Å². The van der Waals surface area contributed by atoms with Gasteiger partial charge in [-0.05, 0) is 5.92 Å². The summed E-state index contributed by atoms with van der Waals surface area (Å²) in [6, 6.07) is 0. The number of carbonyl (C=O) groups is 1. The first kappa shape index (κ1) is 13.8. The first-order valence-corrected chi connectivity index (χ1v) is 5.13. The molecule has 0 fully saturated rings. The monoisotopic (exact) mass is 258 g/mol. The maximum Gasteiger partial charge on any atom is 0.346 e. The highest BCUT2D eigenvalue weighted by atomic mass is 16.5. The van der Waals surface area contributed by atoms with Crippen molar-refractivity contribution in [3.63, 3.8) is 0 Å². The van der Waals surface area contributed by atoms with Gasteiger partial charge in [-0.1, -0.05) is 13.8 Å². The van der Waals surface area contributed by atoms with Crippen LogP contribution in [0.4, 0.5) is 0 Å². The quantitative estimate of drug-likeness (QED) is 0.311. The van der Waals surface area contributed by atoms with E-state index in [9.17, 15) is 25.2 Å². The van der Waals surface area contributed by atoms with Gasteiger partial charge in [-0.2, -0.15) is 0 Å². The Hall–Kier alpha value is -2.31. The Morgan fingerprint density at radius 1 is 0.944 bits per heavy atom. The lowest BCUT2D eigenvalue weighted by Gasteiger charge is -2.12. The highest BCUT2D eigenvalue weighted by Gasteiger charge is 2.28. The summed E-state index contributed by atoms with van der Waals surface area (Å²) in [7, 11) is 0. The molecule has 7 nitrogen and oxygen atoms in total. The molecule has 0 spiro atoms. The van der Waals surface area contributed by atoms with Crippen LogP contribution in [-0.4, -0.2) is 38.1 Å². The molecule has 0 unspecified atom stereocenters. The third-order valence-corrected chi connectivity index (χ3v) is 2.12. The van der Waals surface area contributed by atoms with E-state index in [1.54, 1.807) is 13.8 Å². The van der Waals surface area contributed by atoms with Gasteiger partial charge in [-0.3, -0.25) is 0 Å². The number of hydrogen-bond donors (Lipinski definition) is 5. The predicted molar refractivity (Wildman–Crippen MR) is 59.9 cm³/mol. The molecule has 0 aliphatic heterocycles. The summed E-state index contributed by atoms with van der Waals surface area (Å²) in [5.41, 5.74) is -0.802. The van der Waals surface area contributed by atoms with Crippen molar-refractivity contribution in [1.82, 2.24) is 0 Å². The second-order valence-corrected chi connectivity index (χ2v) is 4.11. The van der Waals surface area contributed by atoms with E-state index in [4.69, 9.17) is 9.84 Å². The van der Waals surface area contributed by atoms with Crippen molar-refractivity contribution in [3.05, 3.63) is 5.56 Å². The van der Waals surface area contributed by atoms with E-state index in [0.717, 1.165) is 0 Å². The summed E-state index contributed by atoms with van der Waals surface area (Å²) in [4.78, 5) is 11.6. The molecule has 1 rings (SSSR count). The van der Waals surface area contributed by atoms with Crippen molar-refractivity contribution >= 4 is 5.97 Å². The van der Waals surface area contributed by atoms with Crippen LogP contribution in [0, 0.1) is 5.92 Å². The standard InChI is InChI=1S/C11H14O7/c1-4(2)3-18-11(17)5-6(12)8(14)10(16)9(15)7(5)13/h4,12-16H,3H2,1-2H3. The molecule has 5 N–H and O–H groups in total. The molecule has 0 aromatic heterocycles. The van der Waals surface area contributed by atoms with Crippen molar-refractivity contribution in [1.29, 1.82) is 0 Å². The summed E-state index contributed by atoms with van der Waals surface area (Å²) >= 11 is 0. The van der Waals surface area contributed by atoms with Crippen molar-refractivity contribution in [3.8, 4) is 28.7 Å². The molecule has 0 saturated carbocycles. The molecular weight excluding hydrogens is 244 g/mol. The molecule has 0 aliphatic carbocycles. The zero-order chi connectivity index (χ0) is 14.0. The van der Waals surface area contributed by atoms with Crippen LogP contribution in [0.5, 0.6) is 28.7 Å². The van der Waals surface area contributed by atoms with Gasteiger partial charge < -0.3 is 30.3 Å². The van der Waals surface area contributed by atoms with Gasteiger partial charge in [0.05, 0.1) is 6.61 Å². The Balaban J connectivity index is 3.21. The van der Waals surface area contributed by atoms with E-state index in [1.165, 1.54) is 0 Å². The van der Waals surface area contributed by atoms with Gasteiger partial charge in [0, 0.05) is 0 Å². The molecule has 0 aliphatic rings. The third-order valence-electron chi connectivity index (χ3n) is 2.12. The summed E-state index contributed by atoms with van der Waals surface area (Å²) in [6.45, 7) is 3.58. The summed E-state index contributed by atoms with van der Waals surface area (Å²) in [5, 5.41) is 46.5. The third kappa shape index (κ3) is 2.34. The molecule has 0 saturated heterocycles. The van der Waals surface area contributed by atoms with Crippen molar-refractivity contribution in [2.24, 2.45) is 5.92 Å². The average Bonchev–Trinajstić information content (AvgIpc) is 2.31. The maximum absolute atomic E-state index is 11.6. The van der Waals surface area contributed by atoms with Crippen molar-refractivity contribution in [2.75, 3.05) is 6.61 Å². The van der Waals surface area contributed by atoms with E-state index >= 15 is 0 Å². The number of aromatic hydroxyl groups is 5. The normalized spacial score (nSPS) is 10.6. The Morgan fingerprint density at radius 2 is 1.33 bits per heavy atom. The fraction of sp³-hybridized carbons (Fsp3) is 0.364. The van der Waals surface area contributed by atoms with Gasteiger partial charge >= 0.3 is 5.97 Å². The molecule has 0 radical (unpaired) electrons. The van der Waals surface area contributed by atoms with Crippen molar-refractivity contribution in [2.45, 2.75) is 13.8 Å². The Bertz CT molecular complexity index is 450. The Labute approximate surface area is 103 Å². The van der Waals surface area contributed by atoms with Crippen LogP contribution < -0.4 is 0 Å². The lowest BCUT2D eigenvalue weighted by atomic mass is 10.1. The molecule has 0 amide bonds. The number of esters is 1. The van der Waals surface area contributed by atoms with Crippen LogP contribution in [0.1, 0.15) is 24.2 Å². The van der Waals surface area contributed by atoms with Crippen LogP contribution in [0.3, 0.4) is 0 Å². The Morgan fingerprint density at radius 3 is 1.72 bits per heavy atom. The lowest BCUT2D eigenvalue weighted by Crippen LogP contribution is -2.10. The zero-order valence-corrected chi connectivity index (χ0v) is 9.84. The summed E-state index contributed by atoms with van der Waals surface area (Å²) in [5.74, 6) is -6.55. The number of rotatable bonds is 3. The highest BCUT2D eigenvalue weighted by Crippen LogP contribution is 2.50. The smallest absolute Gasteiger partial charge is 0.346 e. The van der Waals surface area contributed by atoms with Gasteiger partial charge in [0.1, 0.15) is 0 Å². The minimum Gasteiger partial charge on any atom is -0.503 e. The number of benzene rings is 1. The van der Waals surface area contributed by atoms with Crippen LogP contribution in [0.2, 0.25) is 0 Å². The molecule has 0 bridgehead atoms. The predicted octanol–water partition coefficient (Wildman–Crippen LogP) is 1.03. The zero-order valence-electron chi connectivity index (χ0n) is 9.84. The average molecular weight is 258 g/mol. The van der Waals surface area contributed by atoms with Crippen LogP contribution >= 0.6 is 0 Å². The fourth-order valence-electron chi connectivity index (χ4n) is 1.19. The summed E-state index contributed by atoms with van der Waals surface area (Å²) in [6.07, 6.45) is 0. The number of carbonyl (C=O) groups excluding carboxylic acids is 1. The number of ether oxygens (including phenoxy) is 1. The molecule has 1 aromatic rings. The van der Waals surface area contributed by atoms with Crippen LogP contribution in [0.15, 0.2) is 0 Å². The maximum atomic E-state index is 11.6. The first-order valence-electron chi connectivity index (χ1n) is 5.13. The number of phenolic OH excluding ortho intramolecular Hbond substituents is 5. The molecule has 0 atom stereocenters. The minimum absolute atomic E-state index is 0.0255. The lowest BCUT2D eigenvalue weighted by molar-refractivity contribution is 0.0450. The molecule has 100 valence electrons. The number of hydrogen-bond acceptors (Lipinski definition) is 7. The molecular formula is C11H14O7. The molecule has 1 aromatic carbocycles. The first-order chi connectivity index (χ1) is 8.27. The topological polar surface area (TPSA) is 127 Å². The minimum atomic E-state index is -1.12. The Kier molecular flexibility index (Phi) is 3.75. The second-order valence-electron chi connectivity index (χ2n) is 4.11. The van der Waals surface area contributed by atoms with Crippen molar-refractivity contribution < 1.29 is 35.1 Å². The van der Waals surface area contributed by atoms with E-state index < -0.39 is 40.3 Å². The summed E-state index contributed by atoms with van der Waals surface area (Å²) < 4.78 is 4.74.